The van der Waals surface area contributed by atoms with E-state index in [1.165, 1.54) is 12.8 Å². The van der Waals surface area contributed by atoms with Crippen LogP contribution in [0.25, 0.3) is 0 Å². The van der Waals surface area contributed by atoms with E-state index < -0.39 is 0 Å². The van der Waals surface area contributed by atoms with Crippen LogP contribution in [0.4, 0.5) is 5.82 Å². The van der Waals surface area contributed by atoms with Gasteiger partial charge >= 0.3 is 0 Å². The van der Waals surface area contributed by atoms with Crippen molar-refractivity contribution in [3.63, 3.8) is 0 Å². The average Bonchev–Trinajstić information content (AvgIpc) is 2.90. The van der Waals surface area contributed by atoms with Gasteiger partial charge in [0.25, 0.3) is 0 Å². The van der Waals surface area contributed by atoms with Crippen LogP contribution < -0.4 is 5.32 Å². The Labute approximate surface area is 71.2 Å². The third-order valence-electron chi connectivity index (χ3n) is 1.74. The molecular weight excluding hydrogens is 150 g/mol. The van der Waals surface area contributed by atoms with Crippen molar-refractivity contribution in [2.75, 3.05) is 5.32 Å². The average molecular weight is 159 g/mol. The highest BCUT2D eigenvalue weighted by Gasteiger charge is 2.21. The van der Waals surface area contributed by atoms with Gasteiger partial charge in [-0.1, -0.05) is 0 Å². The lowest BCUT2D eigenvalue weighted by atomic mass is 10.4. The van der Waals surface area contributed by atoms with E-state index >= 15 is 0 Å². The van der Waals surface area contributed by atoms with Crippen molar-refractivity contribution in [3.05, 3.63) is 17.8 Å². The Balaban J connectivity index is 2.08. The molecule has 1 aromatic rings. The van der Waals surface area contributed by atoms with Crippen molar-refractivity contribution in [1.82, 2.24) is 10.2 Å². The van der Waals surface area contributed by atoms with Crippen LogP contribution in [0.15, 0.2) is 12.1 Å². The molecule has 3 heteroatoms. The maximum absolute atomic E-state index is 5.14. The zero-order valence-electron chi connectivity index (χ0n) is 6.62. The van der Waals surface area contributed by atoms with E-state index in [2.05, 4.69) is 21.4 Å². The van der Waals surface area contributed by atoms with Gasteiger partial charge in [0, 0.05) is 6.04 Å². The lowest BCUT2D eigenvalue weighted by Crippen LogP contribution is -2.03. The van der Waals surface area contributed by atoms with Crippen LogP contribution in [0.2, 0.25) is 0 Å². The Morgan fingerprint density at radius 1 is 1.42 bits per heavy atom. The first-order valence-electron chi connectivity index (χ1n) is 3.95. The largest absolute Gasteiger partial charge is 0.366 e. The second kappa shape index (κ2) is 2.82. The molecule has 1 saturated carbocycles. The number of hydrogen-bond donors (Lipinski definition) is 1. The van der Waals surface area contributed by atoms with Gasteiger partial charge in [-0.3, -0.25) is 0 Å². The summed E-state index contributed by atoms with van der Waals surface area (Å²) < 4.78 is 0. The van der Waals surface area contributed by atoms with Gasteiger partial charge in [-0.25, -0.2) is 0 Å². The number of aromatic nitrogens is 2. The normalized spacial score (nSPS) is 15.2. The summed E-state index contributed by atoms with van der Waals surface area (Å²) in [6.45, 7) is 0. The minimum Gasteiger partial charge on any atom is -0.366 e. The SMILES string of the molecule is C#Cc1ccc(NC2CC2)nn1. The summed E-state index contributed by atoms with van der Waals surface area (Å²) in [5.41, 5.74) is 0.580. The van der Waals surface area contributed by atoms with E-state index in [9.17, 15) is 0 Å². The monoisotopic (exact) mass is 159 g/mol. The maximum atomic E-state index is 5.14. The third-order valence-corrected chi connectivity index (χ3v) is 1.74. The maximum Gasteiger partial charge on any atom is 0.148 e. The molecule has 2 rings (SSSR count). The number of terminal acetylenes is 1. The first-order valence-corrected chi connectivity index (χ1v) is 3.95. The van der Waals surface area contributed by atoms with Crippen molar-refractivity contribution >= 4 is 5.82 Å². The van der Waals surface area contributed by atoms with Crippen molar-refractivity contribution in [1.29, 1.82) is 0 Å². The molecular formula is C9H9N3. The van der Waals surface area contributed by atoms with Gasteiger partial charge in [0.15, 0.2) is 0 Å². The molecule has 0 unspecified atom stereocenters. The summed E-state index contributed by atoms with van der Waals surface area (Å²) >= 11 is 0. The smallest absolute Gasteiger partial charge is 0.148 e. The van der Waals surface area contributed by atoms with Crippen LogP contribution in [0.3, 0.4) is 0 Å². The molecule has 1 N–H and O–H groups in total. The Hall–Kier alpha value is -1.56. The van der Waals surface area contributed by atoms with Crippen LogP contribution in [0.1, 0.15) is 18.5 Å². The summed E-state index contributed by atoms with van der Waals surface area (Å²) in [6.07, 6.45) is 7.61. The lowest BCUT2D eigenvalue weighted by Gasteiger charge is -2.00. The summed E-state index contributed by atoms with van der Waals surface area (Å²) in [4.78, 5) is 0. The fourth-order valence-corrected chi connectivity index (χ4v) is 0.923. The molecule has 0 aromatic carbocycles. The number of nitrogens with zero attached hydrogens (tertiary/aromatic N) is 2. The summed E-state index contributed by atoms with van der Waals surface area (Å²) in [7, 11) is 0. The molecule has 0 atom stereocenters. The molecule has 1 aliphatic carbocycles. The van der Waals surface area contributed by atoms with Gasteiger partial charge in [-0.15, -0.1) is 16.6 Å². The zero-order valence-corrected chi connectivity index (χ0v) is 6.62. The van der Waals surface area contributed by atoms with Crippen LogP contribution >= 0.6 is 0 Å². The third kappa shape index (κ3) is 1.54. The van der Waals surface area contributed by atoms with E-state index in [1.54, 1.807) is 6.07 Å². The number of rotatable bonds is 2. The van der Waals surface area contributed by atoms with Crippen molar-refractivity contribution in [2.24, 2.45) is 0 Å². The zero-order chi connectivity index (χ0) is 8.39. The van der Waals surface area contributed by atoms with Gasteiger partial charge in [0.05, 0.1) is 0 Å². The summed E-state index contributed by atoms with van der Waals surface area (Å²) in [5, 5.41) is 11.0. The second-order valence-corrected chi connectivity index (χ2v) is 2.87. The Morgan fingerprint density at radius 2 is 2.25 bits per heavy atom. The van der Waals surface area contributed by atoms with E-state index in [0.717, 1.165) is 5.82 Å². The van der Waals surface area contributed by atoms with Gasteiger partial charge in [-0.05, 0) is 30.9 Å². The highest BCUT2D eigenvalue weighted by Crippen LogP contribution is 2.22. The van der Waals surface area contributed by atoms with E-state index in [-0.39, 0.29) is 0 Å². The van der Waals surface area contributed by atoms with Crippen LogP contribution in [-0.2, 0) is 0 Å². The predicted octanol–water partition coefficient (Wildman–Crippen LogP) is 1.03. The highest BCUT2D eigenvalue weighted by molar-refractivity contribution is 5.38. The topological polar surface area (TPSA) is 37.8 Å². The van der Waals surface area contributed by atoms with E-state index in [0.29, 0.717) is 11.7 Å². The molecule has 1 aromatic heterocycles. The first kappa shape index (κ1) is 7.11. The van der Waals surface area contributed by atoms with Gasteiger partial charge < -0.3 is 5.32 Å². The molecule has 1 aliphatic rings. The van der Waals surface area contributed by atoms with Gasteiger partial charge in [0.2, 0.25) is 0 Å². The second-order valence-electron chi connectivity index (χ2n) is 2.87. The molecule has 3 nitrogen and oxygen atoms in total. The highest BCUT2D eigenvalue weighted by atomic mass is 15.2. The molecule has 0 spiro atoms. The van der Waals surface area contributed by atoms with Crippen molar-refractivity contribution < 1.29 is 0 Å². The van der Waals surface area contributed by atoms with Crippen LogP contribution in [0.5, 0.6) is 0 Å². The molecule has 0 saturated heterocycles. The Bertz CT molecular complexity index is 306. The standard InChI is InChI=1S/C9H9N3/c1-2-7-5-6-9(12-11-7)10-8-3-4-8/h1,5-6,8H,3-4H2,(H,10,12). The molecule has 0 bridgehead atoms. The predicted molar refractivity (Wildman–Crippen MR) is 46.6 cm³/mol. The number of hydrogen-bond acceptors (Lipinski definition) is 3. The van der Waals surface area contributed by atoms with Crippen molar-refractivity contribution in [3.8, 4) is 12.3 Å². The minimum atomic E-state index is 0.580. The van der Waals surface area contributed by atoms with E-state index in [4.69, 9.17) is 6.42 Å². The van der Waals surface area contributed by atoms with Crippen molar-refractivity contribution in [2.45, 2.75) is 18.9 Å². The Morgan fingerprint density at radius 3 is 2.75 bits per heavy atom. The molecule has 12 heavy (non-hydrogen) atoms. The number of nitrogens with one attached hydrogen (secondary N) is 1. The number of anilines is 1. The lowest BCUT2D eigenvalue weighted by molar-refractivity contribution is 0.987. The molecule has 0 radical (unpaired) electrons. The van der Waals surface area contributed by atoms with Gasteiger partial charge in [-0.2, -0.15) is 0 Å². The first-order chi connectivity index (χ1) is 5.88. The van der Waals surface area contributed by atoms with Gasteiger partial charge in [0.1, 0.15) is 11.5 Å². The quantitative estimate of drug-likeness (QED) is 0.655. The molecule has 0 aliphatic heterocycles. The molecule has 0 amide bonds. The fourth-order valence-electron chi connectivity index (χ4n) is 0.923. The summed E-state index contributed by atoms with van der Waals surface area (Å²) in [6, 6.07) is 4.26. The summed E-state index contributed by atoms with van der Waals surface area (Å²) in [5.74, 6) is 3.24. The Kier molecular flexibility index (Phi) is 1.67. The molecule has 1 heterocycles. The van der Waals surface area contributed by atoms with E-state index in [1.807, 2.05) is 6.07 Å². The molecule has 60 valence electrons. The molecule has 1 fully saturated rings. The van der Waals surface area contributed by atoms with Crippen LogP contribution in [0, 0.1) is 12.3 Å². The van der Waals surface area contributed by atoms with Crippen LogP contribution in [-0.4, -0.2) is 16.2 Å². The minimum absolute atomic E-state index is 0.580. The fraction of sp³-hybridized carbons (Fsp3) is 0.333.